The topological polar surface area (TPSA) is 59.3 Å². The van der Waals surface area contributed by atoms with Gasteiger partial charge in [0.15, 0.2) is 0 Å². The van der Waals surface area contributed by atoms with Crippen molar-refractivity contribution in [1.29, 1.82) is 0 Å². The summed E-state index contributed by atoms with van der Waals surface area (Å²) in [5.74, 6) is -0.0109. The highest BCUT2D eigenvalue weighted by molar-refractivity contribution is 5.78. The van der Waals surface area contributed by atoms with E-state index in [1.54, 1.807) is 12.4 Å². The third-order valence-corrected chi connectivity index (χ3v) is 3.71. The first-order valence-corrected chi connectivity index (χ1v) is 7.24. The monoisotopic (exact) mass is 294 g/mol. The first-order chi connectivity index (χ1) is 10.6. The van der Waals surface area contributed by atoms with Gasteiger partial charge >= 0.3 is 0 Å². The maximum atomic E-state index is 12.2. The Morgan fingerprint density at radius 2 is 2.00 bits per heavy atom. The molecule has 0 aliphatic rings. The Balaban J connectivity index is 1.74. The largest absolute Gasteiger partial charge is 0.352 e. The second kappa shape index (κ2) is 5.97. The lowest BCUT2D eigenvalue weighted by atomic mass is 10.2. The van der Waals surface area contributed by atoms with Crippen LogP contribution in [0.4, 0.5) is 0 Å². The van der Waals surface area contributed by atoms with E-state index in [-0.39, 0.29) is 5.91 Å². The average molecular weight is 294 g/mol. The molecule has 5 nitrogen and oxygen atoms in total. The molecule has 0 saturated carbocycles. The van der Waals surface area contributed by atoms with E-state index in [1.165, 1.54) is 0 Å². The Morgan fingerprint density at radius 1 is 1.23 bits per heavy atom. The summed E-state index contributed by atoms with van der Waals surface area (Å²) in [6.07, 6.45) is 5.72. The molecule has 112 valence electrons. The van der Waals surface area contributed by atoms with Crippen molar-refractivity contribution in [3.8, 4) is 0 Å². The molecular formula is C17H18N4O. The Kier molecular flexibility index (Phi) is 3.87. The molecule has 1 N–H and O–H groups in total. The number of aromatic nitrogens is 3. The molecule has 0 bridgehead atoms. The normalized spacial score (nSPS) is 10.8. The molecule has 3 rings (SSSR count). The standard InChI is InChI=1S/C17H18N4O/c1-12-4-3-9-21-15(13(2)20-17(12)21)10-16(22)19-11-14-5-7-18-8-6-14/h3-9H,10-11H2,1-2H3,(H,19,22). The number of nitrogens with one attached hydrogen (secondary N) is 1. The molecule has 0 aliphatic carbocycles. The van der Waals surface area contributed by atoms with E-state index in [0.717, 1.165) is 28.2 Å². The summed E-state index contributed by atoms with van der Waals surface area (Å²) < 4.78 is 2.00. The number of carbonyl (C=O) groups excluding carboxylic acids is 1. The predicted octanol–water partition coefficient (Wildman–Crippen LogP) is 2.21. The molecule has 3 heterocycles. The molecule has 0 radical (unpaired) electrons. The van der Waals surface area contributed by atoms with Gasteiger partial charge in [-0.05, 0) is 43.2 Å². The third-order valence-electron chi connectivity index (χ3n) is 3.71. The maximum absolute atomic E-state index is 12.2. The van der Waals surface area contributed by atoms with Gasteiger partial charge in [0.1, 0.15) is 5.65 Å². The molecule has 0 atom stereocenters. The van der Waals surface area contributed by atoms with Crippen LogP contribution in [0.15, 0.2) is 42.9 Å². The number of aryl methyl sites for hydroxylation is 2. The molecule has 1 amide bonds. The minimum Gasteiger partial charge on any atom is -0.352 e. The number of hydrogen-bond donors (Lipinski definition) is 1. The highest BCUT2D eigenvalue weighted by Gasteiger charge is 2.13. The summed E-state index contributed by atoms with van der Waals surface area (Å²) in [5, 5.41) is 2.94. The van der Waals surface area contributed by atoms with E-state index < -0.39 is 0 Å². The number of amides is 1. The van der Waals surface area contributed by atoms with Gasteiger partial charge in [-0.1, -0.05) is 6.07 Å². The van der Waals surface area contributed by atoms with E-state index in [0.29, 0.717) is 13.0 Å². The first-order valence-electron chi connectivity index (χ1n) is 7.24. The first kappa shape index (κ1) is 14.3. The molecule has 0 aromatic carbocycles. The number of nitrogens with zero attached hydrogens (tertiary/aromatic N) is 3. The number of carbonyl (C=O) groups is 1. The SMILES string of the molecule is Cc1nc2c(C)cccn2c1CC(=O)NCc1ccncc1. The molecular weight excluding hydrogens is 276 g/mol. The molecule has 0 aliphatic heterocycles. The van der Waals surface area contributed by atoms with Crippen molar-refractivity contribution in [2.75, 3.05) is 0 Å². The summed E-state index contributed by atoms with van der Waals surface area (Å²) in [4.78, 5) is 20.7. The molecule has 0 saturated heterocycles. The van der Waals surface area contributed by atoms with E-state index in [9.17, 15) is 4.79 Å². The van der Waals surface area contributed by atoms with Crippen molar-refractivity contribution in [2.45, 2.75) is 26.8 Å². The molecule has 3 aromatic rings. The van der Waals surface area contributed by atoms with Crippen LogP contribution in [0.25, 0.3) is 5.65 Å². The lowest BCUT2D eigenvalue weighted by Gasteiger charge is -2.06. The van der Waals surface area contributed by atoms with Crippen LogP contribution in [0.1, 0.15) is 22.5 Å². The van der Waals surface area contributed by atoms with Gasteiger partial charge in [0.05, 0.1) is 17.8 Å². The fraction of sp³-hybridized carbons (Fsp3) is 0.235. The quantitative estimate of drug-likeness (QED) is 0.802. The van der Waals surface area contributed by atoms with Crippen LogP contribution in [-0.4, -0.2) is 20.3 Å². The van der Waals surface area contributed by atoms with Gasteiger partial charge in [-0.3, -0.25) is 9.78 Å². The van der Waals surface area contributed by atoms with Gasteiger partial charge in [0.25, 0.3) is 0 Å². The van der Waals surface area contributed by atoms with Crippen LogP contribution in [0.5, 0.6) is 0 Å². The predicted molar refractivity (Wildman–Crippen MR) is 84.5 cm³/mol. The highest BCUT2D eigenvalue weighted by Crippen LogP contribution is 2.15. The zero-order valence-electron chi connectivity index (χ0n) is 12.7. The molecule has 22 heavy (non-hydrogen) atoms. The van der Waals surface area contributed by atoms with Crippen molar-refractivity contribution in [1.82, 2.24) is 19.7 Å². The van der Waals surface area contributed by atoms with E-state index in [1.807, 2.05) is 48.7 Å². The summed E-state index contributed by atoms with van der Waals surface area (Å²) in [7, 11) is 0. The van der Waals surface area contributed by atoms with Crippen LogP contribution >= 0.6 is 0 Å². The molecule has 0 spiro atoms. The Hall–Kier alpha value is -2.69. The maximum Gasteiger partial charge on any atom is 0.226 e. The number of rotatable bonds is 4. The fourth-order valence-corrected chi connectivity index (χ4v) is 2.50. The lowest BCUT2D eigenvalue weighted by molar-refractivity contribution is -0.120. The Morgan fingerprint density at radius 3 is 2.77 bits per heavy atom. The molecule has 0 unspecified atom stereocenters. The lowest BCUT2D eigenvalue weighted by Crippen LogP contribution is -2.25. The van der Waals surface area contributed by atoms with Gasteiger partial charge in [-0.25, -0.2) is 4.98 Å². The van der Waals surface area contributed by atoms with Crippen LogP contribution in [0.3, 0.4) is 0 Å². The zero-order valence-corrected chi connectivity index (χ0v) is 12.7. The number of fused-ring (bicyclic) bond motifs is 1. The fourth-order valence-electron chi connectivity index (χ4n) is 2.50. The average Bonchev–Trinajstić information content (AvgIpc) is 2.84. The Bertz CT molecular complexity index is 808. The highest BCUT2D eigenvalue weighted by atomic mass is 16.1. The van der Waals surface area contributed by atoms with Gasteiger partial charge in [0.2, 0.25) is 5.91 Å². The summed E-state index contributed by atoms with van der Waals surface area (Å²) in [5.41, 5.74) is 4.89. The van der Waals surface area contributed by atoms with Crippen LogP contribution in [-0.2, 0) is 17.8 Å². The smallest absolute Gasteiger partial charge is 0.226 e. The third kappa shape index (κ3) is 2.83. The zero-order chi connectivity index (χ0) is 15.5. The minimum absolute atomic E-state index is 0.0109. The van der Waals surface area contributed by atoms with Crippen LogP contribution in [0.2, 0.25) is 0 Å². The van der Waals surface area contributed by atoms with Gasteiger partial charge in [0, 0.05) is 25.1 Å². The number of pyridine rings is 2. The van der Waals surface area contributed by atoms with Crippen molar-refractivity contribution in [3.63, 3.8) is 0 Å². The molecule has 5 heteroatoms. The van der Waals surface area contributed by atoms with Crippen LogP contribution in [0, 0.1) is 13.8 Å². The number of imidazole rings is 1. The number of hydrogen-bond acceptors (Lipinski definition) is 3. The molecule has 0 fully saturated rings. The van der Waals surface area contributed by atoms with E-state index >= 15 is 0 Å². The molecule has 3 aromatic heterocycles. The van der Waals surface area contributed by atoms with Crippen LogP contribution < -0.4 is 5.32 Å². The minimum atomic E-state index is -0.0109. The van der Waals surface area contributed by atoms with Gasteiger partial charge in [-0.2, -0.15) is 0 Å². The van der Waals surface area contributed by atoms with Crippen molar-refractivity contribution in [2.24, 2.45) is 0 Å². The summed E-state index contributed by atoms with van der Waals surface area (Å²) in [6.45, 7) is 4.48. The van der Waals surface area contributed by atoms with E-state index in [4.69, 9.17) is 0 Å². The van der Waals surface area contributed by atoms with Crippen molar-refractivity contribution >= 4 is 11.6 Å². The van der Waals surface area contributed by atoms with E-state index in [2.05, 4.69) is 15.3 Å². The van der Waals surface area contributed by atoms with Crippen molar-refractivity contribution in [3.05, 3.63) is 65.4 Å². The second-order valence-electron chi connectivity index (χ2n) is 5.34. The van der Waals surface area contributed by atoms with Gasteiger partial charge in [-0.15, -0.1) is 0 Å². The van der Waals surface area contributed by atoms with Crippen molar-refractivity contribution < 1.29 is 4.79 Å². The van der Waals surface area contributed by atoms with Gasteiger partial charge < -0.3 is 9.72 Å². The summed E-state index contributed by atoms with van der Waals surface area (Å²) >= 11 is 0. The second-order valence-corrected chi connectivity index (χ2v) is 5.34. The Labute approximate surface area is 129 Å². The summed E-state index contributed by atoms with van der Waals surface area (Å²) in [6, 6.07) is 7.78.